The van der Waals surface area contributed by atoms with Gasteiger partial charge in [-0.25, -0.2) is 14.4 Å². The van der Waals surface area contributed by atoms with Gasteiger partial charge in [-0.05, 0) is 83.6 Å². The molecule has 2 N–H and O–H groups in total. The average molecular weight is 706 g/mol. The Morgan fingerprint density at radius 2 is 1.32 bits per heavy atom. The molecule has 8 rings (SSSR count). The maximum absolute atomic E-state index is 14.5. The van der Waals surface area contributed by atoms with Gasteiger partial charge in [0.1, 0.15) is 22.8 Å². The molecule has 2 amide bonds. The van der Waals surface area contributed by atoms with E-state index in [-0.39, 0.29) is 23.6 Å². The quantitative estimate of drug-likeness (QED) is 0.236. The number of amides is 2. The average Bonchev–Trinajstić information content (AvgIpc) is 4.01. The molecule has 2 aliphatic rings. The molecular formula is C39H32FN11O2. The molecule has 2 fully saturated rings. The number of nitrogens with zero attached hydrogens (tertiary/aromatic N) is 9. The van der Waals surface area contributed by atoms with Crippen molar-refractivity contribution in [2.24, 2.45) is 0 Å². The van der Waals surface area contributed by atoms with Gasteiger partial charge in [-0.15, -0.1) is 0 Å². The van der Waals surface area contributed by atoms with Crippen LogP contribution in [0.15, 0.2) is 97.7 Å². The molecule has 6 aromatic rings. The SMILES string of the molecule is N#CN1CC[C@@H](NC(=O)c2ccc(-c3ccc4nccn4c3)cc2F)C1.N#Cc1ccc(-c2ccc3nc(C(=O)N[C@@H]4CCN(C#N)C4)cn3c2)cc1. The van der Waals surface area contributed by atoms with Gasteiger partial charge in [0, 0.05) is 69.2 Å². The molecule has 6 heterocycles. The highest BCUT2D eigenvalue weighted by atomic mass is 19.1. The van der Waals surface area contributed by atoms with Crippen molar-refractivity contribution >= 4 is 23.1 Å². The summed E-state index contributed by atoms with van der Waals surface area (Å²) in [5.74, 6) is -1.26. The Kier molecular flexibility index (Phi) is 9.64. The molecule has 0 aliphatic carbocycles. The number of nitrogens with one attached hydrogen (secondary N) is 2. The van der Waals surface area contributed by atoms with Crippen molar-refractivity contribution in [3.05, 3.63) is 120 Å². The van der Waals surface area contributed by atoms with Crippen molar-refractivity contribution in [3.8, 4) is 40.7 Å². The Balaban J connectivity index is 0.000000164. The van der Waals surface area contributed by atoms with E-state index >= 15 is 0 Å². The third-order valence-corrected chi connectivity index (χ3v) is 9.30. The van der Waals surface area contributed by atoms with Gasteiger partial charge in [0.15, 0.2) is 12.4 Å². The Bertz CT molecular complexity index is 2450. The van der Waals surface area contributed by atoms with Gasteiger partial charge in [-0.2, -0.15) is 15.8 Å². The smallest absolute Gasteiger partial charge is 0.271 e. The van der Waals surface area contributed by atoms with Crippen LogP contribution in [0.1, 0.15) is 39.3 Å². The fraction of sp³-hybridized carbons (Fsp3) is 0.205. The van der Waals surface area contributed by atoms with E-state index in [0.29, 0.717) is 55.1 Å². The molecule has 13 nitrogen and oxygen atoms in total. The lowest BCUT2D eigenvalue weighted by Gasteiger charge is -2.13. The van der Waals surface area contributed by atoms with E-state index in [1.165, 1.54) is 12.1 Å². The highest BCUT2D eigenvalue weighted by Crippen LogP contribution is 2.24. The highest BCUT2D eigenvalue weighted by Gasteiger charge is 2.25. The summed E-state index contributed by atoms with van der Waals surface area (Å²) in [5.41, 5.74) is 5.94. The molecule has 262 valence electrons. The second-order valence-electron chi connectivity index (χ2n) is 12.8. The van der Waals surface area contributed by atoms with Crippen LogP contribution in [-0.4, -0.2) is 78.6 Å². The summed E-state index contributed by atoms with van der Waals surface area (Å²) in [6.07, 6.45) is 14.6. The van der Waals surface area contributed by atoms with Crippen LogP contribution in [0.4, 0.5) is 4.39 Å². The number of nitriles is 3. The normalized spacial score (nSPS) is 16.3. The number of carbonyl (C=O) groups excluding carboxylic acids is 2. The number of imidazole rings is 2. The first-order valence-electron chi connectivity index (χ1n) is 16.9. The molecule has 0 unspecified atom stereocenters. The van der Waals surface area contributed by atoms with Crippen molar-refractivity contribution in [1.82, 2.24) is 39.2 Å². The van der Waals surface area contributed by atoms with Crippen LogP contribution < -0.4 is 10.6 Å². The summed E-state index contributed by atoms with van der Waals surface area (Å²) < 4.78 is 18.2. The van der Waals surface area contributed by atoms with Gasteiger partial charge in [0.25, 0.3) is 11.8 Å². The molecule has 53 heavy (non-hydrogen) atoms. The number of halogens is 1. The summed E-state index contributed by atoms with van der Waals surface area (Å²) >= 11 is 0. The van der Waals surface area contributed by atoms with Crippen molar-refractivity contribution in [3.63, 3.8) is 0 Å². The predicted molar refractivity (Wildman–Crippen MR) is 192 cm³/mol. The number of hydrogen-bond acceptors (Lipinski definition) is 9. The van der Waals surface area contributed by atoms with E-state index in [9.17, 15) is 14.0 Å². The Morgan fingerprint density at radius 3 is 1.96 bits per heavy atom. The molecule has 2 aromatic carbocycles. The van der Waals surface area contributed by atoms with Crippen LogP contribution in [0.3, 0.4) is 0 Å². The van der Waals surface area contributed by atoms with Crippen molar-refractivity contribution < 1.29 is 14.0 Å². The van der Waals surface area contributed by atoms with Crippen LogP contribution in [-0.2, 0) is 0 Å². The van der Waals surface area contributed by atoms with Crippen LogP contribution in [0.5, 0.6) is 0 Å². The fourth-order valence-corrected chi connectivity index (χ4v) is 6.44. The lowest BCUT2D eigenvalue weighted by Crippen LogP contribution is -2.36. The number of pyridine rings is 2. The minimum absolute atomic E-state index is 0.00728. The van der Waals surface area contributed by atoms with E-state index in [2.05, 4.69) is 39.1 Å². The molecule has 0 saturated carbocycles. The molecule has 2 atom stereocenters. The lowest BCUT2D eigenvalue weighted by molar-refractivity contribution is 0.0926. The summed E-state index contributed by atoms with van der Waals surface area (Å²) in [7, 11) is 0. The van der Waals surface area contributed by atoms with E-state index in [1.807, 2.05) is 63.8 Å². The minimum Gasteiger partial charge on any atom is -0.347 e. The maximum Gasteiger partial charge on any atom is 0.271 e. The first kappa shape index (κ1) is 34.2. The van der Waals surface area contributed by atoms with E-state index in [1.54, 1.807) is 40.4 Å². The summed E-state index contributed by atoms with van der Waals surface area (Å²) in [6.45, 7) is 2.28. The minimum atomic E-state index is -0.569. The van der Waals surface area contributed by atoms with Crippen LogP contribution in [0.25, 0.3) is 33.5 Å². The third-order valence-electron chi connectivity index (χ3n) is 9.30. The highest BCUT2D eigenvalue weighted by molar-refractivity contribution is 5.95. The second kappa shape index (κ2) is 14.9. The molecule has 0 radical (unpaired) electrons. The number of carbonyl (C=O) groups is 2. The monoisotopic (exact) mass is 705 g/mol. The molecule has 0 bridgehead atoms. The largest absolute Gasteiger partial charge is 0.347 e. The fourth-order valence-electron chi connectivity index (χ4n) is 6.44. The van der Waals surface area contributed by atoms with Crippen molar-refractivity contribution in [2.45, 2.75) is 24.9 Å². The summed E-state index contributed by atoms with van der Waals surface area (Å²) in [6, 6.07) is 21.4. The standard InChI is InChI=1S/C20H16N6O.C19H16FN5O/c21-9-14-1-3-15(4-2-14)16-5-6-19-24-18(12-26(19)10-16)20(27)23-17-7-8-25(11-17)13-22;20-17-9-13(14-2-4-18-22-6-8-25(18)10-14)1-3-16(17)19(26)23-15-5-7-24(11-15)12-21/h1-6,10,12,17H,7-8,11H2,(H,23,27);1-4,6,8-10,15H,5,7,11H2,(H,23,26)/t17-;15-/m11/s1. The topological polar surface area (TPSA) is 171 Å². The zero-order valence-corrected chi connectivity index (χ0v) is 28.4. The van der Waals surface area contributed by atoms with Gasteiger partial charge in [-0.3, -0.25) is 9.59 Å². The van der Waals surface area contributed by atoms with Gasteiger partial charge in [-0.1, -0.05) is 18.2 Å². The molecule has 4 aromatic heterocycles. The van der Waals surface area contributed by atoms with E-state index < -0.39 is 11.7 Å². The first-order valence-corrected chi connectivity index (χ1v) is 16.9. The number of rotatable bonds is 6. The van der Waals surface area contributed by atoms with Gasteiger partial charge >= 0.3 is 0 Å². The van der Waals surface area contributed by atoms with Gasteiger partial charge < -0.3 is 29.2 Å². The Labute approximate surface area is 303 Å². The van der Waals surface area contributed by atoms with Gasteiger partial charge in [0.05, 0.1) is 17.2 Å². The number of hydrogen-bond donors (Lipinski definition) is 2. The zero-order valence-electron chi connectivity index (χ0n) is 28.4. The van der Waals surface area contributed by atoms with E-state index in [4.69, 9.17) is 15.8 Å². The summed E-state index contributed by atoms with van der Waals surface area (Å²) in [5, 5.41) is 32.4. The van der Waals surface area contributed by atoms with Crippen LogP contribution >= 0.6 is 0 Å². The number of likely N-dealkylation sites (tertiary alicyclic amines) is 2. The van der Waals surface area contributed by atoms with Crippen molar-refractivity contribution in [1.29, 1.82) is 15.8 Å². The Morgan fingerprint density at radius 1 is 0.717 bits per heavy atom. The molecule has 2 aliphatic heterocycles. The maximum atomic E-state index is 14.5. The number of benzene rings is 2. The number of fused-ring (bicyclic) bond motifs is 2. The van der Waals surface area contributed by atoms with E-state index in [0.717, 1.165) is 28.8 Å². The van der Waals surface area contributed by atoms with Crippen LogP contribution in [0, 0.1) is 40.1 Å². The second-order valence-corrected chi connectivity index (χ2v) is 12.8. The molecule has 2 saturated heterocycles. The molecule has 14 heteroatoms. The summed E-state index contributed by atoms with van der Waals surface area (Å²) in [4.78, 5) is 36.6. The first-order chi connectivity index (χ1) is 25.8. The van der Waals surface area contributed by atoms with Gasteiger partial charge in [0.2, 0.25) is 0 Å². The third kappa shape index (κ3) is 7.60. The lowest BCUT2D eigenvalue weighted by atomic mass is 10.0. The van der Waals surface area contributed by atoms with Crippen molar-refractivity contribution in [2.75, 3.05) is 26.2 Å². The zero-order chi connectivity index (χ0) is 36.9. The predicted octanol–water partition coefficient (Wildman–Crippen LogP) is 4.58. The molecular weight excluding hydrogens is 674 g/mol. The Hall–Kier alpha value is -7.24. The molecule has 0 spiro atoms. The van der Waals surface area contributed by atoms with Crippen LogP contribution in [0.2, 0.25) is 0 Å². The number of aromatic nitrogens is 4.